The van der Waals surface area contributed by atoms with E-state index in [2.05, 4.69) is 18.3 Å². The summed E-state index contributed by atoms with van der Waals surface area (Å²) in [5, 5.41) is 2.85. The summed E-state index contributed by atoms with van der Waals surface area (Å²) in [6, 6.07) is 8.02. The lowest BCUT2D eigenvalue weighted by atomic mass is 10.1. The molecule has 0 heterocycles. The van der Waals surface area contributed by atoms with Gasteiger partial charge in [0.25, 0.3) is 0 Å². The number of ether oxygens (including phenoxy) is 1. The zero-order valence-corrected chi connectivity index (χ0v) is 13.4. The van der Waals surface area contributed by atoms with Crippen molar-refractivity contribution in [3.05, 3.63) is 35.4 Å². The monoisotopic (exact) mass is 291 g/mol. The molecule has 0 bridgehead atoms. The van der Waals surface area contributed by atoms with Crippen molar-refractivity contribution in [1.29, 1.82) is 0 Å². The number of rotatable bonds is 6. The Morgan fingerprint density at radius 3 is 2.29 bits per heavy atom. The van der Waals surface area contributed by atoms with E-state index in [4.69, 9.17) is 4.74 Å². The van der Waals surface area contributed by atoms with Gasteiger partial charge in [-0.2, -0.15) is 0 Å². The number of hydrogen-bond acceptors (Lipinski definition) is 3. The molecule has 1 rings (SSSR count). The van der Waals surface area contributed by atoms with Gasteiger partial charge >= 0.3 is 5.97 Å². The molecule has 4 heteroatoms. The molecule has 0 atom stereocenters. The summed E-state index contributed by atoms with van der Waals surface area (Å²) in [6.45, 7) is 8.02. The SMILES string of the molecule is CCc1ccccc1CNC(=O)CCC(=O)OC(C)(C)C. The van der Waals surface area contributed by atoms with Gasteiger partial charge in [0.1, 0.15) is 5.60 Å². The molecule has 1 amide bonds. The second-order valence-electron chi connectivity index (χ2n) is 5.99. The zero-order chi connectivity index (χ0) is 15.9. The maximum atomic E-state index is 11.8. The van der Waals surface area contributed by atoms with E-state index >= 15 is 0 Å². The maximum absolute atomic E-state index is 11.8. The highest BCUT2D eigenvalue weighted by atomic mass is 16.6. The first-order chi connectivity index (χ1) is 9.81. The largest absolute Gasteiger partial charge is 0.460 e. The van der Waals surface area contributed by atoms with Crippen LogP contribution in [0.4, 0.5) is 0 Å². The van der Waals surface area contributed by atoms with Gasteiger partial charge in [0.15, 0.2) is 0 Å². The highest BCUT2D eigenvalue weighted by Gasteiger charge is 2.17. The number of aryl methyl sites for hydroxylation is 1. The van der Waals surface area contributed by atoms with E-state index in [0.717, 1.165) is 12.0 Å². The van der Waals surface area contributed by atoms with Crippen molar-refractivity contribution in [1.82, 2.24) is 5.32 Å². The van der Waals surface area contributed by atoms with Gasteiger partial charge < -0.3 is 10.1 Å². The van der Waals surface area contributed by atoms with Crippen LogP contribution in [0.2, 0.25) is 0 Å². The van der Waals surface area contributed by atoms with Gasteiger partial charge in [-0.1, -0.05) is 31.2 Å². The first kappa shape index (κ1) is 17.2. The summed E-state index contributed by atoms with van der Waals surface area (Å²) in [5.74, 6) is -0.474. The summed E-state index contributed by atoms with van der Waals surface area (Å²) in [6.07, 6.45) is 1.20. The van der Waals surface area contributed by atoms with E-state index in [1.165, 1.54) is 5.56 Å². The molecule has 116 valence electrons. The van der Waals surface area contributed by atoms with Crippen molar-refractivity contribution in [2.24, 2.45) is 0 Å². The first-order valence-corrected chi connectivity index (χ1v) is 7.37. The molecule has 1 aromatic carbocycles. The number of hydrogen-bond donors (Lipinski definition) is 1. The van der Waals surface area contributed by atoms with Crippen LogP contribution in [0.5, 0.6) is 0 Å². The Bertz CT molecular complexity index is 489. The lowest BCUT2D eigenvalue weighted by Gasteiger charge is -2.19. The molecule has 0 radical (unpaired) electrons. The van der Waals surface area contributed by atoms with Crippen LogP contribution in [0.3, 0.4) is 0 Å². The molecule has 21 heavy (non-hydrogen) atoms. The molecule has 1 aromatic rings. The molecule has 0 aliphatic rings. The van der Waals surface area contributed by atoms with E-state index in [-0.39, 0.29) is 24.7 Å². The van der Waals surface area contributed by atoms with Gasteiger partial charge in [-0.25, -0.2) is 0 Å². The summed E-state index contributed by atoms with van der Waals surface area (Å²) in [7, 11) is 0. The highest BCUT2D eigenvalue weighted by molar-refractivity contribution is 5.81. The predicted octanol–water partition coefficient (Wildman–Crippen LogP) is 2.99. The predicted molar refractivity (Wildman–Crippen MR) is 82.7 cm³/mol. The van der Waals surface area contributed by atoms with E-state index in [9.17, 15) is 9.59 Å². The fourth-order valence-corrected chi connectivity index (χ4v) is 1.97. The quantitative estimate of drug-likeness (QED) is 0.820. The van der Waals surface area contributed by atoms with E-state index in [0.29, 0.717) is 6.54 Å². The molecule has 0 spiro atoms. The van der Waals surface area contributed by atoms with E-state index in [1.807, 2.05) is 39.0 Å². The maximum Gasteiger partial charge on any atom is 0.306 e. The second-order valence-corrected chi connectivity index (χ2v) is 5.99. The molecule has 1 N–H and O–H groups in total. The third-order valence-electron chi connectivity index (χ3n) is 2.95. The van der Waals surface area contributed by atoms with Crippen molar-refractivity contribution < 1.29 is 14.3 Å². The Balaban J connectivity index is 2.36. The van der Waals surface area contributed by atoms with Crippen molar-refractivity contribution in [3.63, 3.8) is 0 Å². The number of benzene rings is 1. The van der Waals surface area contributed by atoms with Crippen LogP contribution in [0.25, 0.3) is 0 Å². The van der Waals surface area contributed by atoms with Gasteiger partial charge in [0.05, 0.1) is 6.42 Å². The Morgan fingerprint density at radius 2 is 1.71 bits per heavy atom. The number of carbonyl (C=O) groups excluding carboxylic acids is 2. The standard InChI is InChI=1S/C17H25NO3/c1-5-13-8-6-7-9-14(13)12-18-15(19)10-11-16(20)21-17(2,3)4/h6-9H,5,10-12H2,1-4H3,(H,18,19). The fourth-order valence-electron chi connectivity index (χ4n) is 1.97. The smallest absolute Gasteiger partial charge is 0.306 e. The second kappa shape index (κ2) is 7.81. The summed E-state index contributed by atoms with van der Waals surface area (Å²) >= 11 is 0. The van der Waals surface area contributed by atoms with Gasteiger partial charge in [-0.15, -0.1) is 0 Å². The molecule has 4 nitrogen and oxygen atoms in total. The third kappa shape index (κ3) is 6.93. The third-order valence-corrected chi connectivity index (χ3v) is 2.95. The van der Waals surface area contributed by atoms with Crippen LogP contribution < -0.4 is 5.32 Å². The van der Waals surface area contributed by atoms with Crippen LogP contribution >= 0.6 is 0 Å². The highest BCUT2D eigenvalue weighted by Crippen LogP contribution is 2.10. The van der Waals surface area contributed by atoms with Crippen LogP contribution in [0.1, 0.15) is 51.7 Å². The number of nitrogens with one attached hydrogen (secondary N) is 1. The van der Waals surface area contributed by atoms with Crippen LogP contribution in [0, 0.1) is 0 Å². The first-order valence-electron chi connectivity index (χ1n) is 7.37. The van der Waals surface area contributed by atoms with Gasteiger partial charge in [0, 0.05) is 13.0 Å². The topological polar surface area (TPSA) is 55.4 Å². The summed E-state index contributed by atoms with van der Waals surface area (Å²) < 4.78 is 5.17. The van der Waals surface area contributed by atoms with Crippen molar-refractivity contribution >= 4 is 11.9 Å². The Kier molecular flexibility index (Phi) is 6.40. The van der Waals surface area contributed by atoms with Gasteiger partial charge in [-0.3, -0.25) is 9.59 Å². The van der Waals surface area contributed by atoms with Crippen LogP contribution in [-0.4, -0.2) is 17.5 Å². The molecule has 0 aliphatic carbocycles. The normalized spacial score (nSPS) is 11.0. The zero-order valence-electron chi connectivity index (χ0n) is 13.4. The van der Waals surface area contributed by atoms with Crippen molar-refractivity contribution in [2.45, 2.75) is 59.1 Å². The molecule has 0 aliphatic heterocycles. The van der Waals surface area contributed by atoms with E-state index in [1.54, 1.807) is 0 Å². The van der Waals surface area contributed by atoms with Crippen LogP contribution in [0.15, 0.2) is 24.3 Å². The summed E-state index contributed by atoms with van der Waals surface area (Å²) in [5.41, 5.74) is 1.84. The minimum atomic E-state index is -0.506. The molecular weight excluding hydrogens is 266 g/mol. The number of amides is 1. The Hall–Kier alpha value is -1.84. The minimum Gasteiger partial charge on any atom is -0.460 e. The van der Waals surface area contributed by atoms with E-state index < -0.39 is 5.60 Å². The lowest BCUT2D eigenvalue weighted by Crippen LogP contribution is -2.27. The fraction of sp³-hybridized carbons (Fsp3) is 0.529. The van der Waals surface area contributed by atoms with Gasteiger partial charge in [0.2, 0.25) is 5.91 Å². The lowest BCUT2D eigenvalue weighted by molar-refractivity contribution is -0.155. The van der Waals surface area contributed by atoms with Crippen LogP contribution in [-0.2, 0) is 27.3 Å². The van der Waals surface area contributed by atoms with Crippen molar-refractivity contribution in [2.75, 3.05) is 0 Å². The number of esters is 1. The minimum absolute atomic E-state index is 0.110. The molecule has 0 aromatic heterocycles. The Morgan fingerprint density at radius 1 is 1.10 bits per heavy atom. The average Bonchev–Trinajstić information content (AvgIpc) is 2.41. The molecule has 0 unspecified atom stereocenters. The Labute approximate surface area is 126 Å². The molecule has 0 saturated carbocycles. The number of carbonyl (C=O) groups is 2. The average molecular weight is 291 g/mol. The van der Waals surface area contributed by atoms with Gasteiger partial charge in [-0.05, 0) is 38.3 Å². The molecular formula is C17H25NO3. The molecule has 0 saturated heterocycles. The molecule has 0 fully saturated rings. The summed E-state index contributed by atoms with van der Waals surface area (Å²) in [4.78, 5) is 23.3. The van der Waals surface area contributed by atoms with Crippen molar-refractivity contribution in [3.8, 4) is 0 Å².